The molecular formula is C31H50N4O7. The quantitative estimate of drug-likeness (QED) is 0.183. The summed E-state index contributed by atoms with van der Waals surface area (Å²) in [6.45, 7) is 13.0. The van der Waals surface area contributed by atoms with Gasteiger partial charge in [0.2, 0.25) is 17.7 Å². The number of alkyl carbamates (subject to hydrolysis) is 1. The summed E-state index contributed by atoms with van der Waals surface area (Å²) in [5, 5.41) is 5.26. The molecule has 0 bridgehead atoms. The number of carbonyl (C=O) groups excluding carboxylic acids is 5. The Morgan fingerprint density at radius 1 is 0.952 bits per heavy atom. The molecule has 1 rings (SSSR count). The summed E-state index contributed by atoms with van der Waals surface area (Å²) in [6, 6.07) is 3.15. The number of primary amides is 1. The highest BCUT2D eigenvalue weighted by atomic mass is 16.6. The van der Waals surface area contributed by atoms with E-state index in [2.05, 4.69) is 17.6 Å². The van der Waals surface area contributed by atoms with E-state index in [1.54, 1.807) is 27.7 Å². The second-order valence-corrected chi connectivity index (χ2v) is 11.5. The number of hydrogen-bond donors (Lipinski definition) is 3. The highest BCUT2D eigenvalue weighted by Gasteiger charge is 2.37. The van der Waals surface area contributed by atoms with Crippen molar-refractivity contribution in [2.24, 2.45) is 5.73 Å². The van der Waals surface area contributed by atoms with Crippen LogP contribution in [-0.4, -0.2) is 66.0 Å². The van der Waals surface area contributed by atoms with E-state index in [0.717, 1.165) is 36.8 Å². The van der Waals surface area contributed by atoms with Crippen molar-refractivity contribution in [3.63, 3.8) is 0 Å². The van der Waals surface area contributed by atoms with Crippen molar-refractivity contribution in [3.8, 4) is 0 Å². The maximum absolute atomic E-state index is 14.1. The molecule has 1 aromatic carbocycles. The van der Waals surface area contributed by atoms with Crippen molar-refractivity contribution >= 4 is 29.8 Å². The number of hydrogen-bond acceptors (Lipinski definition) is 7. The molecule has 0 aromatic heterocycles. The summed E-state index contributed by atoms with van der Waals surface area (Å²) in [7, 11) is 0. The number of ether oxygens (including phenoxy) is 2. The molecule has 236 valence electrons. The van der Waals surface area contributed by atoms with E-state index < -0.39 is 53.9 Å². The fourth-order valence-electron chi connectivity index (χ4n) is 4.56. The lowest BCUT2D eigenvalue weighted by Crippen LogP contribution is -2.54. The number of amides is 4. The minimum absolute atomic E-state index is 0.0123. The van der Waals surface area contributed by atoms with Crippen LogP contribution in [0.25, 0.3) is 0 Å². The SMILES string of the molecule is CCCCCCCN(C(=O)C(CC(N)=O)NC(=O)OC(C)(C)C)C(C(=O)NCCC(=O)OCC)c1cc(C)cc(C)c1. The topological polar surface area (TPSA) is 157 Å². The van der Waals surface area contributed by atoms with Crippen LogP contribution in [-0.2, 0) is 28.7 Å². The van der Waals surface area contributed by atoms with Crippen molar-refractivity contribution in [2.75, 3.05) is 19.7 Å². The van der Waals surface area contributed by atoms with Gasteiger partial charge in [-0.3, -0.25) is 19.2 Å². The van der Waals surface area contributed by atoms with Gasteiger partial charge in [-0.25, -0.2) is 4.79 Å². The summed E-state index contributed by atoms with van der Waals surface area (Å²) in [5.74, 6) is -2.39. The molecule has 2 atom stereocenters. The Bertz CT molecular complexity index is 1050. The number of benzene rings is 1. The van der Waals surface area contributed by atoms with Crippen LogP contribution in [0.1, 0.15) is 102 Å². The molecule has 4 amide bonds. The van der Waals surface area contributed by atoms with Crippen LogP contribution in [0.3, 0.4) is 0 Å². The predicted molar refractivity (Wildman–Crippen MR) is 160 cm³/mol. The molecule has 0 aliphatic carbocycles. The molecule has 0 aliphatic heterocycles. The zero-order valence-electron chi connectivity index (χ0n) is 26.3. The van der Waals surface area contributed by atoms with Crippen LogP contribution in [0, 0.1) is 13.8 Å². The zero-order chi connectivity index (χ0) is 31.9. The number of rotatable bonds is 17. The monoisotopic (exact) mass is 590 g/mol. The smallest absolute Gasteiger partial charge is 0.408 e. The molecule has 11 nitrogen and oxygen atoms in total. The molecule has 4 N–H and O–H groups in total. The molecular weight excluding hydrogens is 540 g/mol. The number of carbonyl (C=O) groups is 5. The minimum Gasteiger partial charge on any atom is -0.466 e. The third-order valence-corrected chi connectivity index (χ3v) is 6.23. The number of esters is 1. The number of unbranched alkanes of at least 4 members (excludes halogenated alkanes) is 4. The fourth-order valence-corrected chi connectivity index (χ4v) is 4.56. The van der Waals surface area contributed by atoms with Gasteiger partial charge < -0.3 is 30.7 Å². The van der Waals surface area contributed by atoms with Crippen LogP contribution >= 0.6 is 0 Å². The number of nitrogens with one attached hydrogen (secondary N) is 2. The standard InChI is InChI=1S/C31H50N4O7/c1-8-10-11-12-13-16-35(29(39)24(20-25(32)36)34-30(40)42-31(5,6)7)27(23-18-21(3)17-22(4)19-23)28(38)33-15-14-26(37)41-9-2/h17-19,24,27H,8-16,20H2,1-7H3,(H2,32,36)(H,33,38)(H,34,40). The maximum atomic E-state index is 14.1. The van der Waals surface area contributed by atoms with E-state index in [0.29, 0.717) is 12.0 Å². The van der Waals surface area contributed by atoms with Gasteiger partial charge >= 0.3 is 12.1 Å². The van der Waals surface area contributed by atoms with Crippen LogP contribution in [0.4, 0.5) is 4.79 Å². The molecule has 0 saturated heterocycles. The first-order valence-corrected chi connectivity index (χ1v) is 14.8. The normalized spacial score (nSPS) is 12.5. The van der Waals surface area contributed by atoms with Crippen LogP contribution < -0.4 is 16.4 Å². The molecule has 0 radical (unpaired) electrons. The van der Waals surface area contributed by atoms with Gasteiger partial charge in [0.15, 0.2) is 0 Å². The molecule has 0 spiro atoms. The molecule has 0 aliphatic rings. The Hall–Kier alpha value is -3.63. The van der Waals surface area contributed by atoms with Crippen LogP contribution in [0.15, 0.2) is 18.2 Å². The van der Waals surface area contributed by atoms with Gasteiger partial charge in [0.1, 0.15) is 17.7 Å². The molecule has 11 heteroatoms. The van der Waals surface area contributed by atoms with Crippen LogP contribution in [0.2, 0.25) is 0 Å². The Morgan fingerprint density at radius 2 is 1.57 bits per heavy atom. The average Bonchev–Trinajstić information content (AvgIpc) is 2.85. The molecule has 42 heavy (non-hydrogen) atoms. The van der Waals surface area contributed by atoms with E-state index in [4.69, 9.17) is 15.2 Å². The second-order valence-electron chi connectivity index (χ2n) is 11.5. The van der Waals surface area contributed by atoms with Gasteiger partial charge in [-0.05, 0) is 53.5 Å². The first kappa shape index (κ1) is 36.4. The number of nitrogens with zero attached hydrogens (tertiary/aromatic N) is 1. The molecule has 2 unspecified atom stereocenters. The third kappa shape index (κ3) is 13.8. The lowest BCUT2D eigenvalue weighted by Gasteiger charge is -2.34. The van der Waals surface area contributed by atoms with E-state index in [1.807, 2.05) is 32.0 Å². The van der Waals surface area contributed by atoms with Crippen molar-refractivity contribution in [3.05, 3.63) is 34.9 Å². The van der Waals surface area contributed by atoms with E-state index in [9.17, 15) is 24.0 Å². The van der Waals surface area contributed by atoms with Crippen molar-refractivity contribution < 1.29 is 33.4 Å². The van der Waals surface area contributed by atoms with Gasteiger partial charge in [0, 0.05) is 13.1 Å². The van der Waals surface area contributed by atoms with E-state index >= 15 is 0 Å². The molecule has 0 saturated carbocycles. The van der Waals surface area contributed by atoms with Crippen molar-refractivity contribution in [2.45, 2.75) is 111 Å². The van der Waals surface area contributed by atoms with Crippen LogP contribution in [0.5, 0.6) is 0 Å². The largest absolute Gasteiger partial charge is 0.466 e. The summed E-state index contributed by atoms with van der Waals surface area (Å²) in [5.41, 5.74) is 6.98. The summed E-state index contributed by atoms with van der Waals surface area (Å²) in [6.07, 6.45) is 3.06. The molecule has 0 heterocycles. The van der Waals surface area contributed by atoms with Crippen molar-refractivity contribution in [1.82, 2.24) is 15.5 Å². The first-order valence-electron chi connectivity index (χ1n) is 14.8. The van der Waals surface area contributed by atoms with Gasteiger partial charge in [-0.15, -0.1) is 0 Å². The summed E-state index contributed by atoms with van der Waals surface area (Å²) >= 11 is 0. The minimum atomic E-state index is -1.35. The van der Waals surface area contributed by atoms with Crippen molar-refractivity contribution in [1.29, 1.82) is 0 Å². The number of aryl methyl sites for hydroxylation is 2. The fraction of sp³-hybridized carbons (Fsp3) is 0.645. The van der Waals surface area contributed by atoms with E-state index in [-0.39, 0.29) is 26.1 Å². The van der Waals surface area contributed by atoms with Gasteiger partial charge in [0.05, 0.1) is 19.4 Å². The van der Waals surface area contributed by atoms with Gasteiger partial charge in [-0.2, -0.15) is 0 Å². The highest BCUT2D eigenvalue weighted by Crippen LogP contribution is 2.26. The van der Waals surface area contributed by atoms with E-state index in [1.165, 1.54) is 4.90 Å². The van der Waals surface area contributed by atoms with Gasteiger partial charge in [-0.1, -0.05) is 61.9 Å². The second kappa shape index (κ2) is 18.0. The summed E-state index contributed by atoms with van der Waals surface area (Å²) < 4.78 is 10.3. The maximum Gasteiger partial charge on any atom is 0.408 e. The Kier molecular flexibility index (Phi) is 15.6. The Balaban J connectivity index is 3.52. The summed E-state index contributed by atoms with van der Waals surface area (Å²) in [4.78, 5) is 65.9. The molecule has 0 fully saturated rings. The predicted octanol–water partition coefficient (Wildman–Crippen LogP) is 3.98. The Labute approximate surface area is 250 Å². The zero-order valence-corrected chi connectivity index (χ0v) is 26.3. The average molecular weight is 591 g/mol. The van der Waals surface area contributed by atoms with Gasteiger partial charge in [0.25, 0.3) is 0 Å². The lowest BCUT2D eigenvalue weighted by molar-refractivity contribution is -0.144. The molecule has 1 aromatic rings. The number of nitrogens with two attached hydrogens (primary N) is 1. The lowest BCUT2D eigenvalue weighted by atomic mass is 9.97. The third-order valence-electron chi connectivity index (χ3n) is 6.23. The highest BCUT2D eigenvalue weighted by molar-refractivity contribution is 5.94. The first-order chi connectivity index (χ1) is 19.7. The Morgan fingerprint density at radius 3 is 2.12 bits per heavy atom.